The van der Waals surface area contributed by atoms with Gasteiger partial charge in [-0.25, -0.2) is 4.79 Å². The fraction of sp³-hybridized carbons (Fsp3) is 0.455. The van der Waals surface area contributed by atoms with E-state index in [9.17, 15) is 14.7 Å². The number of aliphatic hydroxyl groups excluding tert-OH is 1. The van der Waals surface area contributed by atoms with Gasteiger partial charge in [-0.1, -0.05) is 0 Å². The number of aliphatic hydroxyl groups is 1. The fourth-order valence-electron chi connectivity index (χ4n) is 1.44. The number of carbonyl (C=O) groups is 2. The van der Waals surface area contributed by atoms with Gasteiger partial charge in [-0.3, -0.25) is 4.79 Å². The molecule has 6 nitrogen and oxygen atoms in total. The summed E-state index contributed by atoms with van der Waals surface area (Å²) in [5, 5.41) is 9.75. The van der Waals surface area contributed by atoms with Crippen molar-refractivity contribution in [1.82, 2.24) is 4.57 Å². The molecule has 0 unspecified atom stereocenters. The highest BCUT2D eigenvalue weighted by Gasteiger charge is 2.18. The highest BCUT2D eigenvalue weighted by Crippen LogP contribution is 2.20. The maximum atomic E-state index is 11.3. The quantitative estimate of drug-likeness (QED) is 0.772. The van der Waals surface area contributed by atoms with Crippen molar-refractivity contribution >= 4 is 11.9 Å². The molecule has 1 aromatic heterocycles. The Morgan fingerprint density at radius 3 is 2.59 bits per heavy atom. The molecule has 94 valence electrons. The van der Waals surface area contributed by atoms with E-state index in [4.69, 9.17) is 0 Å². The van der Waals surface area contributed by atoms with Crippen LogP contribution < -0.4 is 0 Å². The molecule has 0 radical (unpaired) electrons. The number of rotatable bonds is 4. The number of ether oxygens (including phenoxy) is 2. The molecule has 1 aromatic rings. The number of carbonyl (C=O) groups excluding carboxylic acids is 2. The molecular weight excluding hydrogens is 226 g/mol. The highest BCUT2D eigenvalue weighted by molar-refractivity contribution is 5.88. The molecule has 0 bridgehead atoms. The van der Waals surface area contributed by atoms with Gasteiger partial charge in [0, 0.05) is 13.2 Å². The predicted octanol–water partition coefficient (Wildman–Crippen LogP) is 0.408. The SMILES string of the molecule is COC(=O)C[C@@H](O)c1cc(C(=O)OC)n(C)c1. The third-order valence-electron chi connectivity index (χ3n) is 2.39. The third kappa shape index (κ3) is 3.07. The third-order valence-corrected chi connectivity index (χ3v) is 2.39. The molecule has 1 N–H and O–H groups in total. The maximum Gasteiger partial charge on any atom is 0.354 e. The summed E-state index contributed by atoms with van der Waals surface area (Å²) in [5.74, 6) is -1.01. The summed E-state index contributed by atoms with van der Waals surface area (Å²) >= 11 is 0. The molecule has 0 saturated carbocycles. The lowest BCUT2D eigenvalue weighted by Crippen LogP contribution is -2.07. The summed E-state index contributed by atoms with van der Waals surface area (Å²) in [6.45, 7) is 0. The molecule has 17 heavy (non-hydrogen) atoms. The van der Waals surface area contributed by atoms with Crippen molar-refractivity contribution in [2.75, 3.05) is 14.2 Å². The van der Waals surface area contributed by atoms with Crippen LogP contribution in [0.25, 0.3) is 0 Å². The van der Waals surface area contributed by atoms with Gasteiger partial charge in [0.2, 0.25) is 0 Å². The molecule has 0 spiro atoms. The van der Waals surface area contributed by atoms with Gasteiger partial charge in [0.15, 0.2) is 0 Å². The van der Waals surface area contributed by atoms with E-state index in [2.05, 4.69) is 9.47 Å². The molecule has 0 aliphatic heterocycles. The predicted molar refractivity (Wildman–Crippen MR) is 58.3 cm³/mol. The van der Waals surface area contributed by atoms with E-state index in [1.165, 1.54) is 24.9 Å². The topological polar surface area (TPSA) is 77.8 Å². The van der Waals surface area contributed by atoms with Crippen molar-refractivity contribution in [2.45, 2.75) is 12.5 Å². The van der Waals surface area contributed by atoms with E-state index in [1.807, 2.05) is 0 Å². The molecule has 0 saturated heterocycles. The van der Waals surface area contributed by atoms with E-state index in [0.717, 1.165) is 0 Å². The van der Waals surface area contributed by atoms with Gasteiger partial charge < -0.3 is 19.1 Å². The van der Waals surface area contributed by atoms with E-state index in [-0.39, 0.29) is 6.42 Å². The Labute approximate surface area is 98.7 Å². The molecule has 0 amide bonds. The molecule has 6 heteroatoms. The number of hydrogen-bond donors (Lipinski definition) is 1. The Morgan fingerprint density at radius 1 is 1.41 bits per heavy atom. The van der Waals surface area contributed by atoms with Crippen molar-refractivity contribution in [3.63, 3.8) is 0 Å². The van der Waals surface area contributed by atoms with E-state index in [0.29, 0.717) is 11.3 Å². The lowest BCUT2D eigenvalue weighted by molar-refractivity contribution is -0.142. The molecule has 1 atom stereocenters. The number of aryl methyl sites for hydroxylation is 1. The molecule has 0 fully saturated rings. The second-order valence-electron chi connectivity index (χ2n) is 3.56. The van der Waals surface area contributed by atoms with Crippen LogP contribution in [0.5, 0.6) is 0 Å². The van der Waals surface area contributed by atoms with Crippen LogP contribution in [0.15, 0.2) is 12.3 Å². The zero-order chi connectivity index (χ0) is 13.0. The largest absolute Gasteiger partial charge is 0.469 e. The minimum Gasteiger partial charge on any atom is -0.469 e. The number of aromatic nitrogens is 1. The van der Waals surface area contributed by atoms with Gasteiger partial charge in [-0.15, -0.1) is 0 Å². The van der Waals surface area contributed by atoms with Crippen LogP contribution in [0.4, 0.5) is 0 Å². The first-order valence-corrected chi connectivity index (χ1v) is 4.99. The Hall–Kier alpha value is -1.82. The number of methoxy groups -OCH3 is 2. The van der Waals surface area contributed by atoms with Crippen molar-refractivity contribution in [2.24, 2.45) is 7.05 Å². The first kappa shape index (κ1) is 13.2. The summed E-state index contributed by atoms with van der Waals surface area (Å²) in [7, 11) is 4.18. The minimum absolute atomic E-state index is 0.152. The molecular formula is C11H15NO5. The monoisotopic (exact) mass is 241 g/mol. The summed E-state index contributed by atoms with van der Waals surface area (Å²) in [4.78, 5) is 22.3. The van der Waals surface area contributed by atoms with Gasteiger partial charge in [0.25, 0.3) is 0 Å². The van der Waals surface area contributed by atoms with Gasteiger partial charge in [-0.05, 0) is 11.6 Å². The number of hydrogen-bond acceptors (Lipinski definition) is 5. The second-order valence-corrected chi connectivity index (χ2v) is 3.56. The Balaban J connectivity index is 2.85. The summed E-state index contributed by atoms with van der Waals surface area (Å²) < 4.78 is 10.6. The van der Waals surface area contributed by atoms with Crippen molar-refractivity contribution in [1.29, 1.82) is 0 Å². The van der Waals surface area contributed by atoms with Crippen molar-refractivity contribution < 1.29 is 24.2 Å². The van der Waals surface area contributed by atoms with Crippen LogP contribution >= 0.6 is 0 Å². The van der Waals surface area contributed by atoms with Crippen LogP contribution in [-0.4, -0.2) is 35.8 Å². The van der Waals surface area contributed by atoms with Gasteiger partial charge in [0.1, 0.15) is 5.69 Å². The van der Waals surface area contributed by atoms with Crippen LogP contribution in [0.1, 0.15) is 28.6 Å². The van der Waals surface area contributed by atoms with E-state index < -0.39 is 18.0 Å². The normalized spacial score (nSPS) is 12.0. The number of esters is 2. The average Bonchev–Trinajstić information content (AvgIpc) is 2.70. The Bertz CT molecular complexity index is 423. The lowest BCUT2D eigenvalue weighted by atomic mass is 10.1. The maximum absolute atomic E-state index is 11.3. The number of nitrogens with zero attached hydrogens (tertiary/aromatic N) is 1. The standard InChI is InChI=1S/C11H15NO5/c1-12-6-7(4-8(12)11(15)17-3)9(13)5-10(14)16-2/h4,6,9,13H,5H2,1-3H3/t9-/m1/s1. The second kappa shape index (κ2) is 5.49. The summed E-state index contributed by atoms with van der Waals surface area (Å²) in [6.07, 6.45) is 0.424. The highest BCUT2D eigenvalue weighted by atomic mass is 16.5. The molecule has 1 heterocycles. The Kier molecular flexibility index (Phi) is 4.28. The first-order chi connectivity index (χ1) is 7.99. The van der Waals surface area contributed by atoms with Gasteiger partial charge >= 0.3 is 11.9 Å². The first-order valence-electron chi connectivity index (χ1n) is 4.99. The van der Waals surface area contributed by atoms with Gasteiger partial charge in [0.05, 0.1) is 26.7 Å². The zero-order valence-corrected chi connectivity index (χ0v) is 9.97. The molecule has 0 aromatic carbocycles. The Morgan fingerprint density at radius 2 is 2.06 bits per heavy atom. The van der Waals surface area contributed by atoms with Crippen molar-refractivity contribution in [3.05, 3.63) is 23.5 Å². The zero-order valence-electron chi connectivity index (χ0n) is 9.97. The van der Waals surface area contributed by atoms with Crippen LogP contribution in [-0.2, 0) is 21.3 Å². The lowest BCUT2D eigenvalue weighted by Gasteiger charge is -2.06. The summed E-state index contributed by atoms with van der Waals surface area (Å²) in [6, 6.07) is 1.49. The van der Waals surface area contributed by atoms with Crippen LogP contribution in [0.2, 0.25) is 0 Å². The average molecular weight is 241 g/mol. The molecule has 0 aliphatic carbocycles. The molecule has 1 rings (SSSR count). The van der Waals surface area contributed by atoms with Crippen LogP contribution in [0, 0.1) is 0 Å². The van der Waals surface area contributed by atoms with Gasteiger partial charge in [-0.2, -0.15) is 0 Å². The van der Waals surface area contributed by atoms with Crippen LogP contribution in [0.3, 0.4) is 0 Å². The van der Waals surface area contributed by atoms with Crippen molar-refractivity contribution in [3.8, 4) is 0 Å². The minimum atomic E-state index is -0.993. The summed E-state index contributed by atoms with van der Waals surface area (Å²) in [5.41, 5.74) is 0.782. The fourth-order valence-corrected chi connectivity index (χ4v) is 1.44. The molecule has 0 aliphatic rings. The van der Waals surface area contributed by atoms with E-state index >= 15 is 0 Å². The smallest absolute Gasteiger partial charge is 0.354 e. The van der Waals surface area contributed by atoms with E-state index in [1.54, 1.807) is 13.2 Å².